The van der Waals surface area contributed by atoms with Crippen LogP contribution in [0, 0.1) is 5.92 Å². The third-order valence-corrected chi connectivity index (χ3v) is 4.89. The number of aromatic amines is 1. The molecule has 3 nitrogen and oxygen atoms in total. The summed E-state index contributed by atoms with van der Waals surface area (Å²) < 4.78 is 2.25. The fourth-order valence-corrected chi connectivity index (χ4v) is 3.51. The normalized spacial score (nSPS) is 17.8. The molecule has 0 aliphatic heterocycles. The van der Waals surface area contributed by atoms with Gasteiger partial charge in [-0.3, -0.25) is 4.79 Å². The van der Waals surface area contributed by atoms with Crippen molar-refractivity contribution in [1.82, 2.24) is 4.98 Å². The molecule has 0 bridgehead atoms. The largest absolute Gasteiger partial charge is 0.317 e. The zero-order chi connectivity index (χ0) is 18.8. The molecule has 1 aliphatic rings. The highest BCUT2D eigenvalue weighted by atomic mass is 16.1. The van der Waals surface area contributed by atoms with E-state index in [2.05, 4.69) is 40.9 Å². The molecule has 3 heteroatoms. The van der Waals surface area contributed by atoms with Gasteiger partial charge in [0, 0.05) is 18.2 Å². The van der Waals surface area contributed by atoms with Crippen LogP contribution in [0.1, 0.15) is 59.3 Å². The van der Waals surface area contributed by atoms with E-state index < -0.39 is 0 Å². The smallest absolute Gasteiger partial charge is 0.248 e. The number of rotatable bonds is 3. The Morgan fingerprint density at radius 2 is 1.88 bits per heavy atom. The van der Waals surface area contributed by atoms with Gasteiger partial charge in [0.15, 0.2) is 12.7 Å². The van der Waals surface area contributed by atoms with Gasteiger partial charge in [0.05, 0.1) is 0 Å². The predicted molar refractivity (Wildman–Crippen MR) is 109 cm³/mol. The van der Waals surface area contributed by atoms with Crippen LogP contribution in [0.25, 0.3) is 11.4 Å². The minimum absolute atomic E-state index is 0.0569. The summed E-state index contributed by atoms with van der Waals surface area (Å²) in [5.41, 5.74) is 3.39. The van der Waals surface area contributed by atoms with Crippen molar-refractivity contribution in [3.8, 4) is 11.4 Å². The molecule has 1 aliphatic carbocycles. The molecular formula is C23H33N2O+. The van der Waals surface area contributed by atoms with Crippen LogP contribution < -0.4 is 10.1 Å². The molecule has 0 aromatic carbocycles. The first kappa shape index (κ1) is 20.2. The van der Waals surface area contributed by atoms with Crippen LogP contribution in [-0.2, 0) is 6.54 Å². The molecule has 1 atom stereocenters. The second-order valence-corrected chi connectivity index (χ2v) is 6.93. The van der Waals surface area contributed by atoms with Gasteiger partial charge < -0.3 is 4.98 Å². The van der Waals surface area contributed by atoms with Gasteiger partial charge in [-0.2, -0.15) is 4.57 Å². The monoisotopic (exact) mass is 353 g/mol. The Balaban J connectivity index is 0.00000117. The van der Waals surface area contributed by atoms with Gasteiger partial charge in [-0.25, -0.2) is 0 Å². The minimum atomic E-state index is -0.0569. The number of nitrogens with zero attached hydrogens (tertiary/aromatic N) is 1. The second-order valence-electron chi connectivity index (χ2n) is 6.93. The summed E-state index contributed by atoms with van der Waals surface area (Å²) in [6.07, 6.45) is 12.2. The SMILES string of the molecule is CC.CC1CCCC=C(C[n+]2ccccc2-c2cccc(=O)[nH]2)CCC1. The number of H-pyrrole nitrogens is 1. The zero-order valence-electron chi connectivity index (χ0n) is 16.5. The minimum Gasteiger partial charge on any atom is -0.317 e. The van der Waals surface area contributed by atoms with Crippen LogP contribution in [0.2, 0.25) is 0 Å². The summed E-state index contributed by atoms with van der Waals surface area (Å²) in [5, 5.41) is 0. The van der Waals surface area contributed by atoms with Crippen LogP contribution in [0.5, 0.6) is 0 Å². The van der Waals surface area contributed by atoms with Crippen molar-refractivity contribution in [2.24, 2.45) is 5.92 Å². The van der Waals surface area contributed by atoms with Crippen molar-refractivity contribution < 1.29 is 4.57 Å². The van der Waals surface area contributed by atoms with Crippen molar-refractivity contribution >= 4 is 0 Å². The lowest BCUT2D eigenvalue weighted by atomic mass is 9.99. The molecule has 0 radical (unpaired) electrons. The summed E-state index contributed by atoms with van der Waals surface area (Å²) in [5.74, 6) is 0.854. The quantitative estimate of drug-likeness (QED) is 0.592. The molecule has 2 heterocycles. The van der Waals surface area contributed by atoms with Gasteiger partial charge in [0.2, 0.25) is 11.3 Å². The first-order valence-electron chi connectivity index (χ1n) is 10.1. The Labute approximate surface area is 157 Å². The average Bonchev–Trinajstić information content (AvgIpc) is 2.76. The molecule has 0 fully saturated rings. The highest BCUT2D eigenvalue weighted by molar-refractivity contribution is 5.49. The summed E-state index contributed by atoms with van der Waals surface area (Å²) in [7, 11) is 0. The Morgan fingerprint density at radius 3 is 2.69 bits per heavy atom. The number of hydrogen-bond donors (Lipinski definition) is 1. The van der Waals surface area contributed by atoms with Gasteiger partial charge in [0.1, 0.15) is 5.69 Å². The Kier molecular flexibility index (Phi) is 8.33. The van der Waals surface area contributed by atoms with Crippen LogP contribution in [-0.4, -0.2) is 4.98 Å². The molecule has 1 unspecified atom stereocenters. The summed E-state index contributed by atoms with van der Waals surface area (Å²) in [4.78, 5) is 14.6. The molecule has 0 saturated carbocycles. The van der Waals surface area contributed by atoms with Crippen LogP contribution >= 0.6 is 0 Å². The Hall–Kier alpha value is -2.16. The van der Waals surface area contributed by atoms with Gasteiger partial charge in [0.25, 0.3) is 0 Å². The number of nitrogens with one attached hydrogen (secondary N) is 1. The highest BCUT2D eigenvalue weighted by Crippen LogP contribution is 2.22. The summed E-state index contributed by atoms with van der Waals surface area (Å²) in [6.45, 7) is 7.28. The number of aromatic nitrogens is 2. The van der Waals surface area contributed by atoms with Crippen molar-refractivity contribution in [2.45, 2.75) is 65.8 Å². The van der Waals surface area contributed by atoms with Crippen molar-refractivity contribution in [1.29, 1.82) is 0 Å². The first-order chi connectivity index (χ1) is 12.7. The molecule has 2 aromatic rings. The predicted octanol–water partition coefficient (Wildman–Crippen LogP) is 5.27. The maximum absolute atomic E-state index is 11.6. The molecule has 2 aromatic heterocycles. The van der Waals surface area contributed by atoms with E-state index in [0.717, 1.165) is 23.9 Å². The number of pyridine rings is 2. The Morgan fingerprint density at radius 1 is 1.08 bits per heavy atom. The standard InChI is InChI=1S/C21H26N2O.C2H6/c1-17-8-2-3-10-18(11-6-9-17)16-23-15-5-4-13-20(23)19-12-7-14-21(24)22-19;1-2/h4-5,7,10,12-15,17H,2-3,6,8-9,11,16H2,1H3;1-2H3/p+1. The topological polar surface area (TPSA) is 36.7 Å². The second kappa shape index (κ2) is 10.7. The van der Waals surface area contributed by atoms with E-state index in [-0.39, 0.29) is 5.56 Å². The van der Waals surface area contributed by atoms with E-state index in [1.807, 2.05) is 32.0 Å². The summed E-state index contributed by atoms with van der Waals surface area (Å²) >= 11 is 0. The Bertz CT molecular complexity index is 761. The van der Waals surface area contributed by atoms with Gasteiger partial charge in [-0.05, 0) is 49.3 Å². The van der Waals surface area contributed by atoms with E-state index in [9.17, 15) is 4.79 Å². The lowest BCUT2D eigenvalue weighted by Gasteiger charge is -2.09. The molecule has 0 saturated heterocycles. The lowest BCUT2D eigenvalue weighted by molar-refractivity contribution is -0.678. The van der Waals surface area contributed by atoms with E-state index in [4.69, 9.17) is 0 Å². The maximum Gasteiger partial charge on any atom is 0.248 e. The first-order valence-corrected chi connectivity index (χ1v) is 10.1. The fraction of sp³-hybridized carbons (Fsp3) is 0.478. The summed E-state index contributed by atoms with van der Waals surface area (Å²) in [6, 6.07) is 11.5. The lowest BCUT2D eigenvalue weighted by Crippen LogP contribution is -2.37. The molecular weight excluding hydrogens is 320 g/mol. The van der Waals surface area contributed by atoms with E-state index in [0.29, 0.717) is 0 Å². The van der Waals surface area contributed by atoms with Crippen LogP contribution in [0.15, 0.2) is 59.0 Å². The van der Waals surface area contributed by atoms with E-state index in [1.54, 1.807) is 6.07 Å². The van der Waals surface area contributed by atoms with E-state index in [1.165, 1.54) is 44.1 Å². The van der Waals surface area contributed by atoms with Gasteiger partial charge in [-0.15, -0.1) is 0 Å². The van der Waals surface area contributed by atoms with Crippen LogP contribution in [0.4, 0.5) is 0 Å². The van der Waals surface area contributed by atoms with Gasteiger partial charge >= 0.3 is 0 Å². The van der Waals surface area contributed by atoms with Crippen molar-refractivity contribution in [3.05, 3.63) is 64.6 Å². The molecule has 1 N–H and O–H groups in total. The molecule has 140 valence electrons. The zero-order valence-corrected chi connectivity index (χ0v) is 16.5. The number of hydrogen-bond acceptors (Lipinski definition) is 1. The average molecular weight is 354 g/mol. The molecule has 0 amide bonds. The maximum atomic E-state index is 11.6. The number of allylic oxidation sites excluding steroid dienone is 2. The molecule has 0 spiro atoms. The van der Waals surface area contributed by atoms with Crippen molar-refractivity contribution in [3.63, 3.8) is 0 Å². The third-order valence-electron chi connectivity index (χ3n) is 4.89. The van der Waals surface area contributed by atoms with Crippen molar-refractivity contribution in [2.75, 3.05) is 0 Å². The third kappa shape index (κ3) is 5.98. The van der Waals surface area contributed by atoms with Crippen LogP contribution in [0.3, 0.4) is 0 Å². The highest BCUT2D eigenvalue weighted by Gasteiger charge is 2.15. The van der Waals surface area contributed by atoms with E-state index >= 15 is 0 Å². The molecule has 3 rings (SSSR count). The fourth-order valence-electron chi connectivity index (χ4n) is 3.51. The van der Waals surface area contributed by atoms with Gasteiger partial charge in [-0.1, -0.05) is 45.8 Å². The molecule has 26 heavy (non-hydrogen) atoms.